The maximum absolute atomic E-state index is 12.1. The number of nitrogen functional groups attached to an aromatic ring is 1. The van der Waals surface area contributed by atoms with Crippen molar-refractivity contribution in [3.63, 3.8) is 0 Å². The first-order valence-corrected chi connectivity index (χ1v) is 15.3. The number of amides is 1. The average Bonchev–Trinajstić information content (AvgIpc) is 3.48. The fourth-order valence-electron chi connectivity index (χ4n) is 8.01. The van der Waals surface area contributed by atoms with E-state index in [1.165, 1.54) is 12.3 Å². The molecule has 1 saturated carbocycles. The molecule has 2 spiro atoms. The maximum Gasteiger partial charge on any atom is 0.245 e. The van der Waals surface area contributed by atoms with Crippen LogP contribution in [0.25, 0.3) is 11.1 Å². The standard InChI is InChI=1S/C31H40ClN7O3/c1-4-25(40)37-15-30(16-37)10-21(11-30)39-20(3)26(27-23(12-33)24(34)9-19(2)28(27)32)29(35-39)38-7-6-36(22-13-42-14-22)17-31(38)5-8-41-18-31/h4,9,12,21-22,33H,1,5-8,10-11,13-18,34H2,2-3H3. The third kappa shape index (κ3) is 4.13. The summed E-state index contributed by atoms with van der Waals surface area (Å²) in [5.74, 6) is 0.905. The van der Waals surface area contributed by atoms with E-state index < -0.39 is 0 Å². The van der Waals surface area contributed by atoms with Gasteiger partial charge in [-0.3, -0.25) is 14.4 Å². The Balaban J connectivity index is 1.30. The predicted molar refractivity (Wildman–Crippen MR) is 164 cm³/mol. The lowest BCUT2D eigenvalue weighted by molar-refractivity contribution is -0.149. The minimum atomic E-state index is -0.207. The van der Waals surface area contributed by atoms with E-state index in [1.54, 1.807) is 0 Å². The monoisotopic (exact) mass is 593 g/mol. The molecule has 0 radical (unpaired) electrons. The normalized spacial score (nSPS) is 25.9. The number of nitrogens with two attached hydrogens (primary N) is 1. The summed E-state index contributed by atoms with van der Waals surface area (Å²) in [7, 11) is 0. The Labute approximate surface area is 251 Å². The van der Waals surface area contributed by atoms with Crippen molar-refractivity contribution in [2.75, 3.05) is 69.8 Å². The van der Waals surface area contributed by atoms with Gasteiger partial charge in [0, 0.05) is 79.0 Å². The number of rotatable bonds is 6. The topological polar surface area (TPSA) is 113 Å². The van der Waals surface area contributed by atoms with Gasteiger partial charge in [0.15, 0.2) is 5.82 Å². The number of nitrogens with one attached hydrogen (secondary N) is 1. The lowest BCUT2D eigenvalue weighted by atomic mass is 9.60. The SMILES string of the molecule is C=CC(=O)N1CC2(CC(n3nc(N4CCN(C5COC5)CC45CCOC5)c(-c4c(Cl)c(C)cc(N)c4C=N)c3C)C2)C1. The van der Waals surface area contributed by atoms with Crippen LogP contribution in [0, 0.1) is 24.7 Å². The van der Waals surface area contributed by atoms with E-state index in [0.29, 0.717) is 28.9 Å². The van der Waals surface area contributed by atoms with Gasteiger partial charge in [-0.2, -0.15) is 5.10 Å². The highest BCUT2D eigenvalue weighted by Crippen LogP contribution is 2.56. The number of benzene rings is 1. The van der Waals surface area contributed by atoms with Crippen molar-refractivity contribution in [1.82, 2.24) is 19.6 Å². The summed E-state index contributed by atoms with van der Waals surface area (Å²) in [5, 5.41) is 14.3. The molecule has 10 nitrogen and oxygen atoms in total. The van der Waals surface area contributed by atoms with Crippen LogP contribution >= 0.6 is 11.6 Å². The molecule has 4 saturated heterocycles. The third-order valence-electron chi connectivity index (χ3n) is 10.4. The van der Waals surface area contributed by atoms with Gasteiger partial charge < -0.3 is 30.4 Å². The summed E-state index contributed by atoms with van der Waals surface area (Å²) < 4.78 is 13.8. The maximum atomic E-state index is 12.1. The molecule has 4 aliphatic heterocycles. The number of ether oxygens (including phenoxy) is 2. The summed E-state index contributed by atoms with van der Waals surface area (Å²) in [6.45, 7) is 14.8. The second-order valence-electron chi connectivity index (χ2n) is 13.1. The number of hydrogen-bond donors (Lipinski definition) is 2. The summed E-state index contributed by atoms with van der Waals surface area (Å²) in [6.07, 6.45) is 5.58. The van der Waals surface area contributed by atoms with Gasteiger partial charge in [-0.25, -0.2) is 0 Å². The molecule has 1 atom stereocenters. The molecule has 5 heterocycles. The fraction of sp³-hybridized carbons (Fsp3) is 0.581. The van der Waals surface area contributed by atoms with Gasteiger partial charge in [0.1, 0.15) is 0 Å². The quantitative estimate of drug-likeness (QED) is 0.300. The first-order chi connectivity index (χ1) is 20.2. The molecule has 2 aromatic rings. The average molecular weight is 594 g/mol. The first kappa shape index (κ1) is 27.9. The Morgan fingerprint density at radius 2 is 1.93 bits per heavy atom. The number of nitrogens with zero attached hydrogens (tertiary/aromatic N) is 5. The molecule has 1 aromatic carbocycles. The van der Waals surface area contributed by atoms with Crippen LogP contribution in [0.5, 0.6) is 0 Å². The van der Waals surface area contributed by atoms with Crippen LogP contribution in [0.15, 0.2) is 18.7 Å². The zero-order valence-corrected chi connectivity index (χ0v) is 25.3. The van der Waals surface area contributed by atoms with Crippen molar-refractivity contribution in [2.45, 2.75) is 50.7 Å². The summed E-state index contributed by atoms with van der Waals surface area (Å²) >= 11 is 7.08. The van der Waals surface area contributed by atoms with Gasteiger partial charge in [-0.05, 0) is 50.8 Å². The van der Waals surface area contributed by atoms with Crippen LogP contribution in [0.4, 0.5) is 11.5 Å². The van der Waals surface area contributed by atoms with E-state index >= 15 is 0 Å². The number of aryl methyl sites for hydroxylation is 1. The number of carbonyl (C=O) groups is 1. The zero-order valence-electron chi connectivity index (χ0n) is 24.5. The van der Waals surface area contributed by atoms with E-state index in [0.717, 1.165) is 100 Å². The van der Waals surface area contributed by atoms with Crippen molar-refractivity contribution in [1.29, 1.82) is 5.41 Å². The summed E-state index contributed by atoms with van der Waals surface area (Å²) in [5.41, 5.74) is 11.3. The largest absolute Gasteiger partial charge is 0.398 e. The highest BCUT2D eigenvalue weighted by atomic mass is 35.5. The molecule has 5 aliphatic rings. The number of aromatic nitrogens is 2. The lowest BCUT2D eigenvalue weighted by Gasteiger charge is -2.58. The van der Waals surface area contributed by atoms with Crippen molar-refractivity contribution in [3.05, 3.63) is 40.6 Å². The molecule has 5 fully saturated rings. The summed E-state index contributed by atoms with van der Waals surface area (Å²) in [4.78, 5) is 19.0. The Bertz CT molecular complexity index is 1450. The van der Waals surface area contributed by atoms with Crippen molar-refractivity contribution in [3.8, 4) is 11.1 Å². The van der Waals surface area contributed by atoms with E-state index in [-0.39, 0.29) is 22.9 Å². The Morgan fingerprint density at radius 3 is 2.55 bits per heavy atom. The third-order valence-corrected chi connectivity index (χ3v) is 10.9. The molecular weight excluding hydrogens is 554 g/mol. The molecule has 224 valence electrons. The van der Waals surface area contributed by atoms with Crippen molar-refractivity contribution < 1.29 is 14.3 Å². The molecule has 1 unspecified atom stereocenters. The van der Waals surface area contributed by atoms with E-state index in [4.69, 9.17) is 37.3 Å². The van der Waals surface area contributed by atoms with Crippen LogP contribution < -0.4 is 10.6 Å². The smallest absolute Gasteiger partial charge is 0.245 e. The van der Waals surface area contributed by atoms with E-state index in [2.05, 4.69) is 28.0 Å². The molecule has 11 heteroatoms. The van der Waals surface area contributed by atoms with Crippen LogP contribution in [0.1, 0.15) is 42.1 Å². The Morgan fingerprint density at radius 1 is 1.17 bits per heavy atom. The van der Waals surface area contributed by atoms with Crippen molar-refractivity contribution in [2.24, 2.45) is 5.41 Å². The van der Waals surface area contributed by atoms with E-state index in [9.17, 15) is 4.79 Å². The molecule has 42 heavy (non-hydrogen) atoms. The number of piperazine rings is 1. The molecule has 1 aromatic heterocycles. The highest BCUT2D eigenvalue weighted by Gasteiger charge is 2.55. The van der Waals surface area contributed by atoms with Crippen LogP contribution in [0.2, 0.25) is 5.02 Å². The van der Waals surface area contributed by atoms with Crippen molar-refractivity contribution >= 4 is 35.2 Å². The lowest BCUT2D eigenvalue weighted by Crippen LogP contribution is -2.67. The minimum Gasteiger partial charge on any atom is -0.398 e. The zero-order chi connectivity index (χ0) is 29.4. The highest BCUT2D eigenvalue weighted by molar-refractivity contribution is 6.35. The van der Waals surface area contributed by atoms with Gasteiger partial charge in [0.05, 0.1) is 42.5 Å². The van der Waals surface area contributed by atoms with Crippen LogP contribution in [-0.4, -0.2) is 102 Å². The summed E-state index contributed by atoms with van der Waals surface area (Å²) in [6, 6.07) is 2.53. The predicted octanol–water partition coefficient (Wildman–Crippen LogP) is 3.43. The van der Waals surface area contributed by atoms with Gasteiger partial charge in [0.2, 0.25) is 5.91 Å². The number of anilines is 2. The molecular formula is C31H40ClN7O3. The second kappa shape index (κ2) is 10.1. The molecule has 3 N–H and O–H groups in total. The fourth-order valence-corrected chi connectivity index (χ4v) is 8.26. The molecule has 1 amide bonds. The number of carbonyl (C=O) groups excluding carboxylic acids is 1. The number of halogens is 1. The number of hydrogen-bond acceptors (Lipinski definition) is 8. The second-order valence-corrected chi connectivity index (χ2v) is 13.4. The molecule has 1 aliphatic carbocycles. The minimum absolute atomic E-state index is 0.00598. The molecule has 7 rings (SSSR count). The van der Waals surface area contributed by atoms with E-state index in [1.807, 2.05) is 17.9 Å². The Kier molecular flexibility index (Phi) is 6.69. The van der Waals surface area contributed by atoms with Gasteiger partial charge in [-0.1, -0.05) is 18.2 Å². The van der Waals surface area contributed by atoms with Crippen LogP contribution in [0.3, 0.4) is 0 Å². The van der Waals surface area contributed by atoms with Gasteiger partial charge in [-0.15, -0.1) is 0 Å². The Hall–Kier alpha value is -2.92. The van der Waals surface area contributed by atoms with Gasteiger partial charge >= 0.3 is 0 Å². The van der Waals surface area contributed by atoms with Gasteiger partial charge in [0.25, 0.3) is 0 Å². The number of likely N-dealkylation sites (tertiary alicyclic amines) is 1. The van der Waals surface area contributed by atoms with Crippen LogP contribution in [-0.2, 0) is 14.3 Å². The molecule has 0 bridgehead atoms. The first-order valence-electron chi connectivity index (χ1n) is 15.0.